The highest BCUT2D eigenvalue weighted by Crippen LogP contribution is 2.18. The first-order valence-electron chi connectivity index (χ1n) is 6.32. The lowest BCUT2D eigenvalue weighted by Crippen LogP contribution is -2.26. The van der Waals surface area contributed by atoms with Crippen LogP contribution in [0.1, 0.15) is 35.9 Å². The summed E-state index contributed by atoms with van der Waals surface area (Å²) in [6.45, 7) is 5.22. The van der Waals surface area contributed by atoms with E-state index in [-0.39, 0.29) is 6.04 Å². The second-order valence-corrected chi connectivity index (χ2v) is 5.53. The molecule has 0 aromatic carbocycles. The number of hydrogen-bond donors (Lipinski definition) is 1. The van der Waals surface area contributed by atoms with Crippen molar-refractivity contribution in [3.05, 3.63) is 34.3 Å². The van der Waals surface area contributed by atoms with Crippen LogP contribution in [0.25, 0.3) is 0 Å². The number of aromatic nitrogens is 3. The van der Waals surface area contributed by atoms with Gasteiger partial charge in [0, 0.05) is 31.2 Å². The Morgan fingerprint density at radius 3 is 2.89 bits per heavy atom. The zero-order valence-corrected chi connectivity index (χ0v) is 12.0. The number of nitrogens with one attached hydrogen (secondary N) is 1. The van der Waals surface area contributed by atoms with Gasteiger partial charge in [0.2, 0.25) is 0 Å². The Balaban J connectivity index is 2.12. The Kier molecular flexibility index (Phi) is 4.49. The normalized spacial score (nSPS) is 12.8. The molecule has 0 saturated heterocycles. The molecule has 0 aliphatic heterocycles. The van der Waals surface area contributed by atoms with E-state index < -0.39 is 0 Å². The van der Waals surface area contributed by atoms with Crippen LogP contribution in [0.5, 0.6) is 0 Å². The maximum absolute atomic E-state index is 4.54. The van der Waals surface area contributed by atoms with Crippen molar-refractivity contribution < 1.29 is 0 Å². The molecule has 2 heterocycles. The molecule has 0 amide bonds. The molecule has 0 fully saturated rings. The fourth-order valence-corrected chi connectivity index (χ4v) is 2.62. The largest absolute Gasteiger partial charge is 0.337 e. The van der Waals surface area contributed by atoms with Gasteiger partial charge in [-0.3, -0.25) is 0 Å². The molecular formula is C13H20N4S. The van der Waals surface area contributed by atoms with Gasteiger partial charge in [-0.15, -0.1) is 11.3 Å². The van der Waals surface area contributed by atoms with Crippen LogP contribution < -0.4 is 5.32 Å². The predicted octanol–water partition coefficient (Wildman–Crippen LogP) is 2.47. The average molecular weight is 264 g/mol. The highest BCUT2D eigenvalue weighted by Gasteiger charge is 2.16. The first kappa shape index (κ1) is 13.2. The van der Waals surface area contributed by atoms with Crippen LogP contribution in [0.3, 0.4) is 0 Å². The van der Waals surface area contributed by atoms with E-state index in [0.29, 0.717) is 0 Å². The van der Waals surface area contributed by atoms with Crippen LogP contribution in [0.4, 0.5) is 0 Å². The number of aryl methyl sites for hydroxylation is 2. The van der Waals surface area contributed by atoms with Gasteiger partial charge < -0.3 is 9.88 Å². The van der Waals surface area contributed by atoms with Crippen molar-refractivity contribution in [1.82, 2.24) is 19.9 Å². The third-order valence-corrected chi connectivity index (χ3v) is 3.71. The topological polar surface area (TPSA) is 42.7 Å². The molecule has 0 aliphatic rings. The number of imidazole rings is 1. The molecule has 1 unspecified atom stereocenters. The minimum Gasteiger partial charge on any atom is -0.337 e. The lowest BCUT2D eigenvalue weighted by molar-refractivity contribution is 0.488. The van der Waals surface area contributed by atoms with E-state index in [1.807, 2.05) is 26.4 Å². The SMILES string of the molecule is CCCNC(Cc1csc(C)n1)c1nccn1C. The van der Waals surface area contributed by atoms with Crippen molar-refractivity contribution in [2.24, 2.45) is 7.05 Å². The van der Waals surface area contributed by atoms with Crippen LogP contribution in [-0.4, -0.2) is 21.1 Å². The molecule has 4 nitrogen and oxygen atoms in total. The first-order valence-corrected chi connectivity index (χ1v) is 7.20. The van der Waals surface area contributed by atoms with Crippen molar-refractivity contribution in [3.63, 3.8) is 0 Å². The first-order chi connectivity index (χ1) is 8.70. The van der Waals surface area contributed by atoms with Gasteiger partial charge in [-0.1, -0.05) is 6.92 Å². The van der Waals surface area contributed by atoms with E-state index in [9.17, 15) is 0 Å². The van der Waals surface area contributed by atoms with E-state index in [1.165, 1.54) is 0 Å². The van der Waals surface area contributed by atoms with Crippen molar-refractivity contribution in [3.8, 4) is 0 Å². The van der Waals surface area contributed by atoms with Crippen molar-refractivity contribution >= 4 is 11.3 Å². The van der Waals surface area contributed by atoms with Gasteiger partial charge in [0.05, 0.1) is 16.7 Å². The summed E-state index contributed by atoms with van der Waals surface area (Å²) in [6.07, 6.45) is 5.86. The Morgan fingerprint density at radius 1 is 1.50 bits per heavy atom. The zero-order chi connectivity index (χ0) is 13.0. The smallest absolute Gasteiger partial charge is 0.125 e. The molecule has 2 aromatic rings. The van der Waals surface area contributed by atoms with E-state index in [0.717, 1.165) is 35.9 Å². The standard InChI is InChI=1S/C13H20N4S/c1-4-5-14-12(13-15-6-7-17(13)3)8-11-9-18-10(2)16-11/h6-7,9,12,14H,4-5,8H2,1-3H3. The number of hydrogen-bond acceptors (Lipinski definition) is 4. The molecule has 2 aromatic heterocycles. The number of rotatable bonds is 6. The fraction of sp³-hybridized carbons (Fsp3) is 0.538. The lowest BCUT2D eigenvalue weighted by atomic mass is 10.1. The summed E-state index contributed by atoms with van der Waals surface area (Å²) in [5.74, 6) is 1.08. The van der Waals surface area contributed by atoms with Crippen LogP contribution in [0.15, 0.2) is 17.8 Å². The lowest BCUT2D eigenvalue weighted by Gasteiger charge is -2.17. The van der Waals surface area contributed by atoms with Crippen LogP contribution in [0.2, 0.25) is 0 Å². The van der Waals surface area contributed by atoms with E-state index >= 15 is 0 Å². The van der Waals surface area contributed by atoms with Crippen LogP contribution >= 0.6 is 11.3 Å². The maximum Gasteiger partial charge on any atom is 0.125 e. The van der Waals surface area contributed by atoms with E-state index in [4.69, 9.17) is 0 Å². The van der Waals surface area contributed by atoms with Gasteiger partial charge in [-0.25, -0.2) is 9.97 Å². The minimum absolute atomic E-state index is 0.242. The summed E-state index contributed by atoms with van der Waals surface area (Å²) < 4.78 is 2.08. The van der Waals surface area contributed by atoms with Gasteiger partial charge >= 0.3 is 0 Å². The van der Waals surface area contributed by atoms with Crippen molar-refractivity contribution in [2.75, 3.05) is 6.54 Å². The third-order valence-electron chi connectivity index (χ3n) is 2.89. The van der Waals surface area contributed by atoms with Crippen LogP contribution in [0, 0.1) is 6.92 Å². The minimum atomic E-state index is 0.242. The summed E-state index contributed by atoms with van der Waals surface area (Å²) in [6, 6.07) is 0.242. The average Bonchev–Trinajstić information content (AvgIpc) is 2.93. The molecule has 0 spiro atoms. The highest BCUT2D eigenvalue weighted by molar-refractivity contribution is 7.09. The summed E-state index contributed by atoms with van der Waals surface area (Å²) in [7, 11) is 2.04. The second kappa shape index (κ2) is 6.11. The predicted molar refractivity (Wildman–Crippen MR) is 74.8 cm³/mol. The number of nitrogens with zero attached hydrogens (tertiary/aromatic N) is 3. The van der Waals surface area contributed by atoms with Gasteiger partial charge in [0.1, 0.15) is 5.82 Å². The molecule has 2 rings (SSSR count). The summed E-state index contributed by atoms with van der Waals surface area (Å²) in [5.41, 5.74) is 1.15. The molecule has 18 heavy (non-hydrogen) atoms. The summed E-state index contributed by atoms with van der Waals surface area (Å²) in [4.78, 5) is 8.99. The molecule has 0 radical (unpaired) electrons. The fourth-order valence-electron chi connectivity index (χ4n) is 2.00. The van der Waals surface area contributed by atoms with E-state index in [1.54, 1.807) is 11.3 Å². The monoisotopic (exact) mass is 264 g/mol. The second-order valence-electron chi connectivity index (χ2n) is 4.47. The molecule has 0 bridgehead atoms. The molecule has 98 valence electrons. The quantitative estimate of drug-likeness (QED) is 0.871. The maximum atomic E-state index is 4.54. The Hall–Kier alpha value is -1.20. The molecule has 0 saturated carbocycles. The molecule has 1 N–H and O–H groups in total. The molecule has 1 atom stereocenters. The Labute approximate surface area is 112 Å². The van der Waals surface area contributed by atoms with Crippen LogP contribution in [-0.2, 0) is 13.5 Å². The van der Waals surface area contributed by atoms with Gasteiger partial charge in [-0.05, 0) is 19.9 Å². The van der Waals surface area contributed by atoms with Crippen molar-refractivity contribution in [2.45, 2.75) is 32.7 Å². The zero-order valence-electron chi connectivity index (χ0n) is 11.2. The van der Waals surface area contributed by atoms with Gasteiger partial charge in [0.15, 0.2) is 0 Å². The molecule has 0 aliphatic carbocycles. The van der Waals surface area contributed by atoms with Gasteiger partial charge in [-0.2, -0.15) is 0 Å². The molecular weight excluding hydrogens is 244 g/mol. The number of thiazole rings is 1. The van der Waals surface area contributed by atoms with E-state index in [2.05, 4.69) is 32.2 Å². The molecule has 5 heteroatoms. The summed E-state index contributed by atoms with van der Waals surface area (Å²) in [5, 5.41) is 6.81. The Morgan fingerprint density at radius 2 is 2.33 bits per heavy atom. The Bertz CT molecular complexity index is 489. The third kappa shape index (κ3) is 3.17. The van der Waals surface area contributed by atoms with Gasteiger partial charge in [0.25, 0.3) is 0 Å². The summed E-state index contributed by atoms with van der Waals surface area (Å²) >= 11 is 1.71. The highest BCUT2D eigenvalue weighted by atomic mass is 32.1. The van der Waals surface area contributed by atoms with Crippen molar-refractivity contribution in [1.29, 1.82) is 0 Å².